The van der Waals surface area contributed by atoms with E-state index in [0.29, 0.717) is 0 Å². The van der Waals surface area contributed by atoms with Crippen LogP contribution in [0, 0.1) is 0 Å². The average Bonchev–Trinajstić information content (AvgIpc) is 2.83. The van der Waals surface area contributed by atoms with Crippen LogP contribution in [0.5, 0.6) is 0 Å². The Morgan fingerprint density at radius 3 is 2.50 bits per heavy atom. The first kappa shape index (κ1) is 20.2. The van der Waals surface area contributed by atoms with Crippen LogP contribution < -0.4 is 10.2 Å². The van der Waals surface area contributed by atoms with Gasteiger partial charge in [-0.1, -0.05) is 65.9 Å². The summed E-state index contributed by atoms with van der Waals surface area (Å²) in [6, 6.07) is 7.68. The van der Waals surface area contributed by atoms with E-state index in [-0.39, 0.29) is 20.7 Å². The van der Waals surface area contributed by atoms with Crippen molar-refractivity contribution in [2.24, 2.45) is 0 Å². The van der Waals surface area contributed by atoms with Crippen LogP contribution in [-0.4, -0.2) is 33.1 Å². The fourth-order valence-electron chi connectivity index (χ4n) is 2.23. The van der Waals surface area contributed by atoms with Crippen molar-refractivity contribution in [3.05, 3.63) is 51.9 Å². The van der Waals surface area contributed by atoms with Crippen LogP contribution in [0.15, 0.2) is 46.3 Å². The van der Waals surface area contributed by atoms with Crippen LogP contribution in [0.1, 0.15) is 18.4 Å². The lowest BCUT2D eigenvalue weighted by atomic mass is 10.1. The number of thioether (sulfide) groups is 1. The van der Waals surface area contributed by atoms with E-state index < -0.39 is 30.3 Å². The van der Waals surface area contributed by atoms with Crippen molar-refractivity contribution in [3.63, 3.8) is 0 Å². The molecule has 1 aromatic rings. The van der Waals surface area contributed by atoms with Gasteiger partial charge >= 0.3 is 0 Å². The molecule has 0 N–H and O–H groups in total. The van der Waals surface area contributed by atoms with Gasteiger partial charge < -0.3 is 19.8 Å². The molecule has 0 radical (unpaired) electrons. The standard InChI is InChI=1S/C17H14ClNO5S2/c18-11(8-10-4-2-1-3-5-10)9-13-15(22)19(17(25)26-13)12(16(23)24)6-7-14(20)21/h1-5,8-9,12H,6-7H2,(H,20,21)(H,23,24)/p-2/b11-8-,13-9-/t12-/m1/s1. The molecular formula is C17H12ClNO5S2-2. The van der Waals surface area contributed by atoms with E-state index in [1.54, 1.807) is 6.08 Å². The lowest BCUT2D eigenvalue weighted by Crippen LogP contribution is -2.50. The molecular weight excluding hydrogens is 398 g/mol. The largest absolute Gasteiger partial charge is 0.550 e. The van der Waals surface area contributed by atoms with Crippen molar-refractivity contribution in [2.75, 3.05) is 0 Å². The molecule has 6 nitrogen and oxygen atoms in total. The normalized spacial score (nSPS) is 17.7. The Balaban J connectivity index is 2.22. The molecule has 9 heteroatoms. The molecule has 0 aliphatic carbocycles. The molecule has 1 aromatic carbocycles. The third-order valence-electron chi connectivity index (χ3n) is 3.40. The number of carbonyl (C=O) groups excluding carboxylic acids is 3. The first-order chi connectivity index (χ1) is 12.3. The molecule has 26 heavy (non-hydrogen) atoms. The molecule has 1 saturated heterocycles. The topological polar surface area (TPSA) is 101 Å². The summed E-state index contributed by atoms with van der Waals surface area (Å²) in [5, 5.41) is 22.2. The molecule has 1 aliphatic rings. The van der Waals surface area contributed by atoms with Gasteiger partial charge in [0, 0.05) is 11.0 Å². The van der Waals surface area contributed by atoms with E-state index in [2.05, 4.69) is 0 Å². The van der Waals surface area contributed by atoms with Crippen molar-refractivity contribution in [1.82, 2.24) is 4.90 Å². The second-order valence-corrected chi connectivity index (χ2v) is 7.35. The summed E-state index contributed by atoms with van der Waals surface area (Å²) in [6.07, 6.45) is 2.13. The highest BCUT2D eigenvalue weighted by Crippen LogP contribution is 2.34. The number of carboxylic acid groups (broad SMARTS) is 2. The highest BCUT2D eigenvalue weighted by Gasteiger charge is 2.37. The minimum absolute atomic E-state index is 0.00187. The van der Waals surface area contributed by atoms with E-state index in [0.717, 1.165) is 22.2 Å². The molecule has 0 aromatic heterocycles. The van der Waals surface area contributed by atoms with Crippen LogP contribution in [0.2, 0.25) is 0 Å². The van der Waals surface area contributed by atoms with Crippen molar-refractivity contribution >= 4 is 63.8 Å². The second kappa shape index (κ2) is 8.98. The number of benzene rings is 1. The first-order valence-corrected chi connectivity index (χ1v) is 9.00. The predicted molar refractivity (Wildman–Crippen MR) is 98.4 cm³/mol. The zero-order valence-electron chi connectivity index (χ0n) is 13.2. The number of hydrogen-bond acceptors (Lipinski definition) is 7. The second-order valence-electron chi connectivity index (χ2n) is 5.24. The zero-order chi connectivity index (χ0) is 19.3. The molecule has 1 heterocycles. The minimum atomic E-state index is -1.59. The summed E-state index contributed by atoms with van der Waals surface area (Å²) in [7, 11) is 0. The van der Waals surface area contributed by atoms with E-state index >= 15 is 0 Å². The maximum Gasteiger partial charge on any atom is 0.266 e. The summed E-state index contributed by atoms with van der Waals surface area (Å²) >= 11 is 12.1. The number of nitrogens with zero attached hydrogens (tertiary/aromatic N) is 1. The predicted octanol–water partition coefficient (Wildman–Crippen LogP) is 0.659. The van der Waals surface area contributed by atoms with Gasteiger partial charge in [-0.25, -0.2) is 0 Å². The Kier molecular flexibility index (Phi) is 6.96. The van der Waals surface area contributed by atoms with Gasteiger partial charge in [-0.05, 0) is 30.6 Å². The lowest BCUT2D eigenvalue weighted by Gasteiger charge is -2.27. The summed E-state index contributed by atoms with van der Waals surface area (Å²) in [4.78, 5) is 35.4. The maximum absolute atomic E-state index is 12.5. The highest BCUT2D eigenvalue weighted by atomic mass is 35.5. The molecule has 1 amide bonds. The highest BCUT2D eigenvalue weighted by molar-refractivity contribution is 8.26. The Hall–Kier alpha value is -2.16. The van der Waals surface area contributed by atoms with Crippen molar-refractivity contribution in [2.45, 2.75) is 18.9 Å². The van der Waals surface area contributed by atoms with E-state index in [1.807, 2.05) is 30.3 Å². The van der Waals surface area contributed by atoms with Gasteiger partial charge in [0.05, 0.1) is 16.9 Å². The van der Waals surface area contributed by atoms with Crippen LogP contribution in [0.25, 0.3) is 6.08 Å². The summed E-state index contributed by atoms with van der Waals surface area (Å²) in [5.41, 5.74) is 0.825. The van der Waals surface area contributed by atoms with Crippen LogP contribution in [-0.2, 0) is 14.4 Å². The van der Waals surface area contributed by atoms with Crippen molar-refractivity contribution < 1.29 is 24.6 Å². The van der Waals surface area contributed by atoms with Crippen LogP contribution in [0.3, 0.4) is 0 Å². The molecule has 0 saturated carbocycles. The molecule has 136 valence electrons. The molecule has 1 atom stereocenters. The van der Waals surface area contributed by atoms with Gasteiger partial charge in [0.25, 0.3) is 5.91 Å². The first-order valence-electron chi connectivity index (χ1n) is 7.39. The number of carboxylic acids is 2. The van der Waals surface area contributed by atoms with Gasteiger partial charge in [-0.2, -0.15) is 0 Å². The maximum atomic E-state index is 12.5. The average molecular weight is 410 g/mol. The summed E-state index contributed by atoms with van der Waals surface area (Å²) in [5.74, 6) is -3.67. The van der Waals surface area contributed by atoms with Gasteiger partial charge in [0.15, 0.2) is 0 Å². The number of allylic oxidation sites excluding steroid dienone is 2. The van der Waals surface area contributed by atoms with Crippen molar-refractivity contribution in [3.8, 4) is 0 Å². The quantitative estimate of drug-likeness (QED) is 0.481. The number of halogens is 1. The summed E-state index contributed by atoms with van der Waals surface area (Å²) in [6.45, 7) is 0. The number of carbonyl (C=O) groups is 3. The number of thiocarbonyl (C=S) groups is 1. The van der Waals surface area contributed by atoms with Gasteiger partial charge in [0.2, 0.25) is 0 Å². The summed E-state index contributed by atoms with van der Waals surface area (Å²) < 4.78 is -0.00187. The fraction of sp³-hybridized carbons (Fsp3) is 0.176. The number of amides is 1. The molecule has 0 unspecified atom stereocenters. The molecule has 0 bridgehead atoms. The molecule has 1 aliphatic heterocycles. The van der Waals surface area contributed by atoms with E-state index in [1.165, 1.54) is 6.08 Å². The number of hydrogen-bond donors (Lipinski definition) is 0. The fourth-order valence-corrected chi connectivity index (χ4v) is 3.88. The molecule has 2 rings (SSSR count). The van der Waals surface area contributed by atoms with Gasteiger partial charge in [0.1, 0.15) is 4.32 Å². The molecule has 1 fully saturated rings. The lowest BCUT2D eigenvalue weighted by molar-refractivity contribution is -0.311. The molecule has 0 spiro atoms. The monoisotopic (exact) mass is 409 g/mol. The van der Waals surface area contributed by atoms with E-state index in [9.17, 15) is 24.6 Å². The zero-order valence-corrected chi connectivity index (χ0v) is 15.6. The Labute approximate surface area is 164 Å². The minimum Gasteiger partial charge on any atom is -0.550 e. The number of aliphatic carboxylic acids is 2. The Bertz CT molecular complexity index is 807. The van der Waals surface area contributed by atoms with E-state index in [4.69, 9.17) is 23.8 Å². The smallest absolute Gasteiger partial charge is 0.266 e. The number of rotatable bonds is 7. The van der Waals surface area contributed by atoms with Crippen LogP contribution in [0.4, 0.5) is 0 Å². The van der Waals surface area contributed by atoms with Gasteiger partial charge in [-0.15, -0.1) is 0 Å². The Morgan fingerprint density at radius 2 is 1.92 bits per heavy atom. The van der Waals surface area contributed by atoms with Crippen molar-refractivity contribution in [1.29, 1.82) is 0 Å². The third kappa shape index (κ3) is 5.17. The van der Waals surface area contributed by atoms with Gasteiger partial charge in [-0.3, -0.25) is 9.69 Å². The van der Waals surface area contributed by atoms with Crippen LogP contribution >= 0.6 is 35.6 Å². The third-order valence-corrected chi connectivity index (χ3v) is 4.95. The SMILES string of the molecule is O=C([O-])CC[C@H](C(=O)[O-])N1C(=O)/C(=C/C(Cl)=C/c2ccccc2)SC1=S. The Morgan fingerprint density at radius 1 is 1.27 bits per heavy atom.